The van der Waals surface area contributed by atoms with Gasteiger partial charge in [-0.05, 0) is 43.7 Å². The van der Waals surface area contributed by atoms with E-state index in [0.29, 0.717) is 16.1 Å². The normalized spacial score (nSPS) is 10.6. The summed E-state index contributed by atoms with van der Waals surface area (Å²) < 4.78 is 2.03. The van der Waals surface area contributed by atoms with Gasteiger partial charge in [-0.3, -0.25) is 9.59 Å². The predicted octanol–water partition coefficient (Wildman–Crippen LogP) is 6.90. The minimum Gasteiger partial charge on any atom is -0.316 e. The quantitative estimate of drug-likeness (QED) is 0.142. The standard InChI is InChI=1S/C28H22ClNO2/c1-19-17-23(20(2)30(19)26-16-10-9-15-25(26)29)18-24(27(31)21-11-5-3-6-12-21)28(32)22-13-7-4-8-14-22/h3-18H,1-2H3. The molecule has 158 valence electrons. The third-order valence-electron chi connectivity index (χ3n) is 5.42. The molecule has 4 rings (SSSR count). The molecule has 4 heteroatoms. The van der Waals surface area contributed by atoms with E-state index in [1.165, 1.54) is 0 Å². The Balaban J connectivity index is 1.86. The topological polar surface area (TPSA) is 39.1 Å². The average Bonchev–Trinajstić information content (AvgIpc) is 3.10. The van der Waals surface area contributed by atoms with Crippen LogP contribution in [0.2, 0.25) is 5.02 Å². The van der Waals surface area contributed by atoms with Gasteiger partial charge in [-0.15, -0.1) is 0 Å². The molecular formula is C28H22ClNO2. The summed E-state index contributed by atoms with van der Waals surface area (Å²) >= 11 is 6.43. The van der Waals surface area contributed by atoms with Gasteiger partial charge < -0.3 is 4.57 Å². The van der Waals surface area contributed by atoms with Gasteiger partial charge in [-0.25, -0.2) is 0 Å². The molecule has 0 aliphatic rings. The molecule has 1 heterocycles. The van der Waals surface area contributed by atoms with Crippen LogP contribution in [0.4, 0.5) is 0 Å². The monoisotopic (exact) mass is 439 g/mol. The first-order valence-corrected chi connectivity index (χ1v) is 10.7. The fourth-order valence-corrected chi connectivity index (χ4v) is 4.04. The zero-order valence-electron chi connectivity index (χ0n) is 17.9. The van der Waals surface area contributed by atoms with Crippen LogP contribution in [-0.2, 0) is 0 Å². The highest BCUT2D eigenvalue weighted by atomic mass is 35.5. The van der Waals surface area contributed by atoms with Crippen molar-refractivity contribution < 1.29 is 9.59 Å². The van der Waals surface area contributed by atoms with Crippen LogP contribution in [0.25, 0.3) is 11.8 Å². The summed E-state index contributed by atoms with van der Waals surface area (Å²) in [5, 5.41) is 0.630. The Morgan fingerprint density at radius 2 is 1.25 bits per heavy atom. The Morgan fingerprint density at radius 1 is 0.750 bits per heavy atom. The van der Waals surface area contributed by atoms with Crippen LogP contribution in [0.1, 0.15) is 37.7 Å². The molecule has 0 radical (unpaired) electrons. The molecule has 0 saturated carbocycles. The Hall–Kier alpha value is -3.69. The summed E-state index contributed by atoms with van der Waals surface area (Å²) in [5.41, 5.74) is 4.59. The summed E-state index contributed by atoms with van der Waals surface area (Å²) in [4.78, 5) is 26.7. The number of benzene rings is 3. The average molecular weight is 440 g/mol. The second-order valence-electron chi connectivity index (χ2n) is 7.56. The van der Waals surface area contributed by atoms with E-state index in [2.05, 4.69) is 0 Å². The number of allylic oxidation sites excluding steroid dienone is 1. The van der Waals surface area contributed by atoms with Crippen molar-refractivity contribution in [1.82, 2.24) is 4.57 Å². The highest BCUT2D eigenvalue weighted by Crippen LogP contribution is 2.28. The number of aryl methyl sites for hydroxylation is 1. The van der Waals surface area contributed by atoms with Gasteiger partial charge in [0.2, 0.25) is 0 Å². The third-order valence-corrected chi connectivity index (χ3v) is 5.74. The number of carbonyl (C=O) groups is 2. The molecule has 4 aromatic rings. The van der Waals surface area contributed by atoms with E-state index < -0.39 is 0 Å². The smallest absolute Gasteiger partial charge is 0.196 e. The van der Waals surface area contributed by atoms with Crippen LogP contribution < -0.4 is 0 Å². The predicted molar refractivity (Wildman–Crippen MR) is 130 cm³/mol. The number of carbonyl (C=O) groups excluding carboxylic acids is 2. The SMILES string of the molecule is Cc1cc(C=C(C(=O)c2ccccc2)C(=O)c2ccccc2)c(C)n1-c1ccccc1Cl. The molecule has 0 aliphatic heterocycles. The van der Waals surface area contributed by atoms with E-state index in [1.54, 1.807) is 54.6 Å². The molecule has 3 nitrogen and oxygen atoms in total. The molecule has 0 atom stereocenters. The van der Waals surface area contributed by atoms with Crippen LogP contribution in [-0.4, -0.2) is 16.1 Å². The van der Waals surface area contributed by atoms with Crippen molar-refractivity contribution in [3.8, 4) is 5.69 Å². The van der Waals surface area contributed by atoms with Crippen LogP contribution >= 0.6 is 11.6 Å². The molecule has 32 heavy (non-hydrogen) atoms. The molecule has 0 N–H and O–H groups in total. The van der Waals surface area contributed by atoms with Crippen molar-refractivity contribution in [3.05, 3.63) is 130 Å². The summed E-state index contributed by atoms with van der Waals surface area (Å²) in [7, 11) is 0. The van der Waals surface area contributed by atoms with E-state index in [1.807, 2.05) is 60.9 Å². The van der Waals surface area contributed by atoms with E-state index in [9.17, 15) is 9.59 Å². The Bertz CT molecular complexity index is 1260. The number of para-hydroxylation sites is 1. The number of rotatable bonds is 6. The molecule has 0 amide bonds. The molecule has 0 saturated heterocycles. The van der Waals surface area contributed by atoms with Crippen LogP contribution in [0.15, 0.2) is 96.6 Å². The molecule has 0 aliphatic carbocycles. The lowest BCUT2D eigenvalue weighted by Gasteiger charge is -2.11. The highest BCUT2D eigenvalue weighted by molar-refractivity contribution is 6.33. The van der Waals surface area contributed by atoms with Crippen LogP contribution in [0.5, 0.6) is 0 Å². The maximum absolute atomic E-state index is 13.4. The van der Waals surface area contributed by atoms with Gasteiger partial charge in [-0.1, -0.05) is 84.4 Å². The maximum atomic E-state index is 13.4. The van der Waals surface area contributed by atoms with Gasteiger partial charge in [0.25, 0.3) is 0 Å². The van der Waals surface area contributed by atoms with Crippen LogP contribution in [0.3, 0.4) is 0 Å². The van der Waals surface area contributed by atoms with Crippen molar-refractivity contribution in [2.45, 2.75) is 13.8 Å². The molecule has 0 bridgehead atoms. The second kappa shape index (κ2) is 9.21. The number of aromatic nitrogens is 1. The van der Waals surface area contributed by atoms with E-state index in [0.717, 1.165) is 22.6 Å². The van der Waals surface area contributed by atoms with E-state index >= 15 is 0 Å². The lowest BCUT2D eigenvalue weighted by Crippen LogP contribution is -2.14. The summed E-state index contributed by atoms with van der Waals surface area (Å²) in [6.07, 6.45) is 1.69. The number of hydrogen-bond acceptors (Lipinski definition) is 2. The summed E-state index contributed by atoms with van der Waals surface area (Å²) in [6.45, 7) is 3.94. The molecular weight excluding hydrogens is 418 g/mol. The van der Waals surface area contributed by atoms with Crippen molar-refractivity contribution in [1.29, 1.82) is 0 Å². The lowest BCUT2D eigenvalue weighted by atomic mass is 9.94. The zero-order valence-corrected chi connectivity index (χ0v) is 18.6. The first-order chi connectivity index (χ1) is 15.5. The fraction of sp³-hybridized carbons (Fsp3) is 0.0714. The van der Waals surface area contributed by atoms with Gasteiger partial charge in [0.15, 0.2) is 11.6 Å². The third kappa shape index (κ3) is 4.20. The Kier molecular flexibility index (Phi) is 6.20. The second-order valence-corrected chi connectivity index (χ2v) is 7.97. The van der Waals surface area contributed by atoms with Crippen molar-refractivity contribution >= 4 is 29.2 Å². The van der Waals surface area contributed by atoms with E-state index in [4.69, 9.17) is 11.6 Å². The first-order valence-electron chi connectivity index (χ1n) is 10.3. The number of ketones is 2. The van der Waals surface area contributed by atoms with Crippen molar-refractivity contribution in [2.24, 2.45) is 0 Å². The largest absolute Gasteiger partial charge is 0.316 e. The molecule has 0 unspecified atom stereocenters. The number of hydrogen-bond donors (Lipinski definition) is 0. The first kappa shape index (κ1) is 21.5. The van der Waals surface area contributed by atoms with Crippen LogP contribution in [0, 0.1) is 13.8 Å². The highest BCUT2D eigenvalue weighted by Gasteiger charge is 2.22. The van der Waals surface area contributed by atoms with Gasteiger partial charge in [-0.2, -0.15) is 0 Å². The van der Waals surface area contributed by atoms with Gasteiger partial charge >= 0.3 is 0 Å². The fourth-order valence-electron chi connectivity index (χ4n) is 3.82. The Labute approximate surface area is 192 Å². The Morgan fingerprint density at radius 3 is 1.78 bits per heavy atom. The maximum Gasteiger partial charge on any atom is 0.196 e. The van der Waals surface area contributed by atoms with Gasteiger partial charge in [0, 0.05) is 22.5 Å². The van der Waals surface area contributed by atoms with Crippen molar-refractivity contribution in [2.75, 3.05) is 0 Å². The van der Waals surface area contributed by atoms with Gasteiger partial charge in [0.1, 0.15) is 0 Å². The number of nitrogens with zero attached hydrogens (tertiary/aromatic N) is 1. The van der Waals surface area contributed by atoms with Gasteiger partial charge in [0.05, 0.1) is 16.3 Å². The summed E-state index contributed by atoms with van der Waals surface area (Å²) in [5.74, 6) is -0.607. The minimum absolute atomic E-state index is 0.127. The lowest BCUT2D eigenvalue weighted by molar-refractivity contribution is 0.0964. The summed E-state index contributed by atoms with van der Waals surface area (Å²) in [6, 6.07) is 27.3. The number of halogens is 1. The zero-order chi connectivity index (χ0) is 22.7. The number of Topliss-reactive ketones (excluding diaryl/α,β-unsaturated/α-hetero) is 2. The molecule has 1 aromatic heterocycles. The van der Waals surface area contributed by atoms with E-state index in [-0.39, 0.29) is 17.1 Å². The van der Waals surface area contributed by atoms with Crippen molar-refractivity contribution in [3.63, 3.8) is 0 Å². The molecule has 0 spiro atoms. The molecule has 0 fully saturated rings. The minimum atomic E-state index is -0.304. The molecule has 3 aromatic carbocycles.